The van der Waals surface area contributed by atoms with Crippen molar-refractivity contribution in [3.05, 3.63) is 45.5 Å². The average Bonchev–Trinajstić information content (AvgIpc) is 2.39. The van der Waals surface area contributed by atoms with Crippen molar-refractivity contribution < 1.29 is 4.74 Å². The van der Waals surface area contributed by atoms with Crippen LogP contribution in [0.4, 0.5) is 11.5 Å². The zero-order valence-electron chi connectivity index (χ0n) is 10.3. The fraction of sp³-hybridized carbons (Fsp3) is 0.154. The fourth-order valence-corrected chi connectivity index (χ4v) is 2.26. The predicted molar refractivity (Wildman–Crippen MR) is 81.7 cm³/mol. The van der Waals surface area contributed by atoms with Gasteiger partial charge in [0.1, 0.15) is 11.6 Å². The van der Waals surface area contributed by atoms with Crippen LogP contribution in [0, 0.1) is 0 Å². The average molecular weight is 343 g/mol. The van der Waals surface area contributed by atoms with Gasteiger partial charge in [-0.25, -0.2) is 4.98 Å². The highest BCUT2D eigenvalue weighted by Crippen LogP contribution is 2.28. The highest BCUT2D eigenvalue weighted by atomic mass is 79.9. The molecule has 0 atom stereocenters. The molecule has 0 spiro atoms. The Bertz CT molecular complexity index is 592. The molecular formula is C13H13BrClN3O. The van der Waals surface area contributed by atoms with Crippen molar-refractivity contribution in [2.24, 2.45) is 0 Å². The van der Waals surface area contributed by atoms with Gasteiger partial charge >= 0.3 is 0 Å². The number of nitrogens with zero attached hydrogens (tertiary/aromatic N) is 1. The van der Waals surface area contributed by atoms with Crippen molar-refractivity contribution in [1.82, 2.24) is 4.98 Å². The van der Waals surface area contributed by atoms with Crippen molar-refractivity contribution in [2.45, 2.75) is 6.54 Å². The molecule has 19 heavy (non-hydrogen) atoms. The Morgan fingerprint density at radius 2 is 2.26 bits per heavy atom. The molecule has 1 aromatic carbocycles. The molecule has 0 saturated carbocycles. The van der Waals surface area contributed by atoms with E-state index in [2.05, 4.69) is 26.2 Å². The molecule has 1 heterocycles. The number of benzene rings is 1. The third-order valence-corrected chi connectivity index (χ3v) is 3.40. The maximum absolute atomic E-state index is 6.16. The summed E-state index contributed by atoms with van der Waals surface area (Å²) in [6, 6.07) is 7.32. The number of rotatable bonds is 4. The predicted octanol–water partition coefficient (Wildman–Crippen LogP) is 3.70. The van der Waals surface area contributed by atoms with E-state index < -0.39 is 0 Å². The smallest absolute Gasteiger partial charge is 0.149 e. The van der Waals surface area contributed by atoms with Gasteiger partial charge in [-0.3, -0.25) is 0 Å². The third-order valence-electron chi connectivity index (χ3n) is 2.61. The largest absolute Gasteiger partial charge is 0.496 e. The Morgan fingerprint density at radius 1 is 1.47 bits per heavy atom. The highest BCUT2D eigenvalue weighted by molar-refractivity contribution is 9.10. The first-order chi connectivity index (χ1) is 9.11. The van der Waals surface area contributed by atoms with Crippen LogP contribution in [0.1, 0.15) is 5.56 Å². The van der Waals surface area contributed by atoms with Crippen LogP contribution in [0.2, 0.25) is 5.02 Å². The van der Waals surface area contributed by atoms with Crippen LogP contribution in [0.5, 0.6) is 5.75 Å². The van der Waals surface area contributed by atoms with Crippen LogP contribution in [-0.2, 0) is 6.54 Å². The van der Waals surface area contributed by atoms with E-state index in [9.17, 15) is 0 Å². The topological polar surface area (TPSA) is 60.2 Å². The molecule has 0 fully saturated rings. The van der Waals surface area contributed by atoms with E-state index in [0.29, 0.717) is 23.1 Å². The summed E-state index contributed by atoms with van der Waals surface area (Å²) >= 11 is 9.48. The monoisotopic (exact) mass is 341 g/mol. The molecule has 0 aliphatic rings. The molecule has 3 N–H and O–H groups in total. The summed E-state index contributed by atoms with van der Waals surface area (Å²) in [5.74, 6) is 1.35. The van der Waals surface area contributed by atoms with Crippen LogP contribution in [-0.4, -0.2) is 12.1 Å². The number of halogens is 2. The maximum Gasteiger partial charge on any atom is 0.149 e. The number of methoxy groups -OCH3 is 1. The standard InChI is InChI=1S/C13H13BrClN3O/c1-19-12-4-2-3-10(15)9(12)7-18-13-11(16)5-8(14)6-17-13/h2-6H,7,16H2,1H3,(H,17,18). The zero-order valence-corrected chi connectivity index (χ0v) is 12.6. The quantitative estimate of drug-likeness (QED) is 0.889. The molecule has 0 aliphatic carbocycles. The minimum absolute atomic E-state index is 0.488. The number of hydrogen-bond donors (Lipinski definition) is 2. The third kappa shape index (κ3) is 3.30. The number of anilines is 2. The molecule has 4 nitrogen and oxygen atoms in total. The van der Waals surface area contributed by atoms with Gasteiger partial charge in [-0.05, 0) is 34.1 Å². The van der Waals surface area contributed by atoms with Gasteiger partial charge in [0.05, 0.1) is 12.8 Å². The first-order valence-corrected chi connectivity index (χ1v) is 6.75. The van der Waals surface area contributed by atoms with Gasteiger partial charge in [0, 0.05) is 27.8 Å². The summed E-state index contributed by atoms with van der Waals surface area (Å²) in [4.78, 5) is 4.21. The lowest BCUT2D eigenvalue weighted by molar-refractivity contribution is 0.410. The van der Waals surface area contributed by atoms with E-state index in [-0.39, 0.29) is 0 Å². The molecule has 2 rings (SSSR count). The molecule has 1 aromatic heterocycles. The number of nitrogens with one attached hydrogen (secondary N) is 1. The minimum atomic E-state index is 0.488. The summed E-state index contributed by atoms with van der Waals surface area (Å²) in [6.45, 7) is 0.488. The van der Waals surface area contributed by atoms with Gasteiger partial charge in [-0.2, -0.15) is 0 Å². The Hall–Kier alpha value is -1.46. The molecule has 2 aromatic rings. The zero-order chi connectivity index (χ0) is 13.8. The lowest BCUT2D eigenvalue weighted by Crippen LogP contribution is -2.06. The molecule has 0 amide bonds. The normalized spacial score (nSPS) is 10.3. The molecule has 0 bridgehead atoms. The molecule has 0 aliphatic heterocycles. The van der Waals surface area contributed by atoms with E-state index in [4.69, 9.17) is 22.1 Å². The second kappa shape index (κ2) is 6.12. The minimum Gasteiger partial charge on any atom is -0.496 e. The van der Waals surface area contributed by atoms with Gasteiger partial charge in [0.2, 0.25) is 0 Å². The molecule has 0 radical (unpaired) electrons. The number of ether oxygens (including phenoxy) is 1. The second-order valence-electron chi connectivity index (χ2n) is 3.87. The summed E-state index contributed by atoms with van der Waals surface area (Å²) < 4.78 is 6.12. The van der Waals surface area contributed by atoms with Crippen molar-refractivity contribution in [1.29, 1.82) is 0 Å². The molecule has 100 valence electrons. The molecule has 0 unspecified atom stereocenters. The highest BCUT2D eigenvalue weighted by Gasteiger charge is 2.08. The number of aromatic nitrogens is 1. The Balaban J connectivity index is 2.19. The number of pyridine rings is 1. The Morgan fingerprint density at radius 3 is 2.95 bits per heavy atom. The lowest BCUT2D eigenvalue weighted by atomic mass is 10.2. The molecular weight excluding hydrogens is 330 g/mol. The van der Waals surface area contributed by atoms with Crippen LogP contribution in [0.3, 0.4) is 0 Å². The number of nitrogens with two attached hydrogens (primary N) is 1. The van der Waals surface area contributed by atoms with Crippen molar-refractivity contribution in [2.75, 3.05) is 18.2 Å². The second-order valence-corrected chi connectivity index (χ2v) is 5.19. The summed E-state index contributed by atoms with van der Waals surface area (Å²) in [6.07, 6.45) is 1.68. The van der Waals surface area contributed by atoms with E-state index in [1.54, 1.807) is 19.4 Å². The van der Waals surface area contributed by atoms with E-state index in [1.165, 1.54) is 0 Å². The summed E-state index contributed by atoms with van der Waals surface area (Å²) in [5, 5.41) is 3.79. The first kappa shape index (κ1) is 14.0. The fourth-order valence-electron chi connectivity index (χ4n) is 1.68. The van der Waals surface area contributed by atoms with Gasteiger partial charge in [-0.1, -0.05) is 17.7 Å². The number of hydrogen-bond acceptors (Lipinski definition) is 4. The Labute approximate surface area is 125 Å². The van der Waals surface area contributed by atoms with Crippen LogP contribution in [0.15, 0.2) is 34.9 Å². The number of nitrogen functional groups attached to an aromatic ring is 1. The van der Waals surface area contributed by atoms with Crippen molar-refractivity contribution in [3.8, 4) is 5.75 Å². The Kier molecular flexibility index (Phi) is 4.50. The molecule has 0 saturated heterocycles. The van der Waals surface area contributed by atoms with Crippen LogP contribution >= 0.6 is 27.5 Å². The lowest BCUT2D eigenvalue weighted by Gasteiger charge is -2.12. The van der Waals surface area contributed by atoms with Gasteiger partial charge in [0.25, 0.3) is 0 Å². The maximum atomic E-state index is 6.16. The van der Waals surface area contributed by atoms with Crippen LogP contribution in [0.25, 0.3) is 0 Å². The SMILES string of the molecule is COc1cccc(Cl)c1CNc1ncc(Br)cc1N. The van der Waals surface area contributed by atoms with Gasteiger partial charge < -0.3 is 15.8 Å². The van der Waals surface area contributed by atoms with Gasteiger partial charge in [-0.15, -0.1) is 0 Å². The van der Waals surface area contributed by atoms with Crippen LogP contribution < -0.4 is 15.8 Å². The first-order valence-electron chi connectivity index (χ1n) is 5.58. The van der Waals surface area contributed by atoms with Gasteiger partial charge in [0.15, 0.2) is 0 Å². The molecule has 6 heteroatoms. The summed E-state index contributed by atoms with van der Waals surface area (Å²) in [7, 11) is 1.61. The van der Waals surface area contributed by atoms with Crippen molar-refractivity contribution in [3.63, 3.8) is 0 Å². The van der Waals surface area contributed by atoms with Crippen molar-refractivity contribution >= 4 is 39.0 Å². The summed E-state index contributed by atoms with van der Waals surface area (Å²) in [5.41, 5.74) is 7.32. The van der Waals surface area contributed by atoms with E-state index in [0.717, 1.165) is 15.8 Å². The van der Waals surface area contributed by atoms with E-state index in [1.807, 2.05) is 18.2 Å². The van der Waals surface area contributed by atoms with E-state index >= 15 is 0 Å².